The predicted octanol–water partition coefficient (Wildman–Crippen LogP) is -1.47. The van der Waals surface area contributed by atoms with E-state index >= 15 is 0 Å². The first kappa shape index (κ1) is 14.4. The second-order valence-corrected chi connectivity index (χ2v) is 5.26. The van der Waals surface area contributed by atoms with Gasteiger partial charge in [-0.05, 0) is 18.2 Å². The first-order valence-electron chi connectivity index (χ1n) is 4.75. The highest BCUT2D eigenvalue weighted by molar-refractivity contribution is 7.89. The second kappa shape index (κ2) is 5.29. The lowest BCUT2D eigenvalue weighted by Gasteiger charge is -2.10. The van der Waals surface area contributed by atoms with Crippen LogP contribution in [0.1, 0.15) is 0 Å². The lowest BCUT2D eigenvalue weighted by molar-refractivity contribution is -0.125. The first-order chi connectivity index (χ1) is 8.22. The van der Waals surface area contributed by atoms with E-state index < -0.39 is 39.3 Å². The molecule has 1 amide bonds. The van der Waals surface area contributed by atoms with E-state index in [9.17, 15) is 17.6 Å². The Morgan fingerprint density at radius 1 is 1.44 bits per heavy atom. The average molecular weight is 277 g/mol. The van der Waals surface area contributed by atoms with Gasteiger partial charge < -0.3 is 16.6 Å². The Bertz CT molecular complexity index is 541. The summed E-state index contributed by atoms with van der Waals surface area (Å²) in [5, 5.41) is 9.05. The van der Waals surface area contributed by atoms with Gasteiger partial charge in [0.25, 0.3) is 0 Å². The molecule has 0 aliphatic rings. The van der Waals surface area contributed by atoms with Gasteiger partial charge in [0.05, 0.1) is 4.90 Å². The Hall–Kier alpha value is -1.71. The van der Waals surface area contributed by atoms with Gasteiger partial charge in [0.15, 0.2) is 0 Å². The van der Waals surface area contributed by atoms with Crippen LogP contribution in [0.4, 0.5) is 10.1 Å². The molecule has 0 aliphatic heterocycles. The molecular weight excluding hydrogens is 265 g/mol. The highest BCUT2D eigenvalue weighted by atomic mass is 32.2. The Kier molecular flexibility index (Phi) is 4.22. The quantitative estimate of drug-likeness (QED) is 0.487. The molecule has 6 N–H and O–H groups in total. The molecule has 18 heavy (non-hydrogen) atoms. The summed E-state index contributed by atoms with van der Waals surface area (Å²) in [5.41, 5.74) is 9.99. The van der Waals surface area contributed by atoms with E-state index in [1.807, 2.05) is 4.72 Å². The van der Waals surface area contributed by atoms with E-state index in [-0.39, 0.29) is 5.69 Å². The van der Waals surface area contributed by atoms with Crippen molar-refractivity contribution in [3.63, 3.8) is 0 Å². The Morgan fingerprint density at radius 3 is 2.56 bits per heavy atom. The zero-order valence-corrected chi connectivity index (χ0v) is 9.95. The van der Waals surface area contributed by atoms with E-state index in [1.165, 1.54) is 0 Å². The minimum Gasteiger partial charge on any atom is -0.399 e. The van der Waals surface area contributed by atoms with Crippen LogP contribution in [0.2, 0.25) is 0 Å². The molecule has 1 atom stereocenters. The van der Waals surface area contributed by atoms with E-state index in [2.05, 4.69) is 0 Å². The average Bonchev–Trinajstić information content (AvgIpc) is 2.24. The molecule has 1 unspecified atom stereocenters. The van der Waals surface area contributed by atoms with Crippen molar-refractivity contribution in [2.75, 3.05) is 12.3 Å². The number of primary amides is 1. The topological polar surface area (TPSA) is 136 Å². The number of sulfonamides is 1. The third-order valence-electron chi connectivity index (χ3n) is 2.00. The molecule has 0 fully saturated rings. The number of halogens is 1. The van der Waals surface area contributed by atoms with Gasteiger partial charge in [0.2, 0.25) is 15.9 Å². The van der Waals surface area contributed by atoms with Crippen LogP contribution in [0.25, 0.3) is 0 Å². The SMILES string of the molecule is NC(=O)C(O)CNS(=O)(=O)c1cc(N)cc(F)c1. The second-order valence-electron chi connectivity index (χ2n) is 3.49. The molecule has 0 aliphatic carbocycles. The van der Waals surface area contributed by atoms with Crippen molar-refractivity contribution in [2.24, 2.45) is 5.73 Å². The summed E-state index contributed by atoms with van der Waals surface area (Å²) in [7, 11) is -4.07. The third-order valence-corrected chi connectivity index (χ3v) is 3.40. The van der Waals surface area contributed by atoms with Gasteiger partial charge in [-0.3, -0.25) is 4.79 Å². The van der Waals surface area contributed by atoms with Crippen molar-refractivity contribution < 1.29 is 22.7 Å². The number of hydrogen-bond donors (Lipinski definition) is 4. The first-order valence-corrected chi connectivity index (χ1v) is 6.24. The molecule has 0 aromatic heterocycles. The Labute approximate surface area is 103 Å². The zero-order chi connectivity index (χ0) is 13.9. The van der Waals surface area contributed by atoms with Crippen LogP contribution in [0.15, 0.2) is 23.1 Å². The van der Waals surface area contributed by atoms with Crippen LogP contribution < -0.4 is 16.2 Å². The number of nitrogens with two attached hydrogens (primary N) is 2. The van der Waals surface area contributed by atoms with Crippen LogP contribution in [-0.4, -0.2) is 32.1 Å². The van der Waals surface area contributed by atoms with Crippen LogP contribution in [0, 0.1) is 5.82 Å². The van der Waals surface area contributed by atoms with Crippen molar-refractivity contribution in [2.45, 2.75) is 11.0 Å². The standard InChI is InChI=1S/C9H12FN3O4S/c10-5-1-6(11)3-7(2-5)18(16,17)13-4-8(14)9(12)15/h1-3,8,13-14H,4,11H2,(H2,12,15). The molecule has 1 aromatic carbocycles. The predicted molar refractivity (Wildman–Crippen MR) is 61.2 cm³/mol. The van der Waals surface area contributed by atoms with Gasteiger partial charge in [-0.2, -0.15) is 0 Å². The van der Waals surface area contributed by atoms with E-state index in [0.29, 0.717) is 0 Å². The molecule has 1 aromatic rings. The van der Waals surface area contributed by atoms with Crippen molar-refractivity contribution in [3.8, 4) is 0 Å². The number of aliphatic hydroxyl groups is 1. The summed E-state index contributed by atoms with van der Waals surface area (Å²) in [4.78, 5) is 10.1. The summed E-state index contributed by atoms with van der Waals surface area (Å²) in [6.45, 7) is -0.603. The fourth-order valence-corrected chi connectivity index (χ4v) is 2.22. The smallest absolute Gasteiger partial charge is 0.247 e. The number of amides is 1. The molecule has 0 radical (unpaired) electrons. The maximum absolute atomic E-state index is 13.0. The van der Waals surface area contributed by atoms with Gasteiger partial charge >= 0.3 is 0 Å². The molecule has 100 valence electrons. The minimum absolute atomic E-state index is 0.0641. The molecule has 0 heterocycles. The molecule has 7 nitrogen and oxygen atoms in total. The van der Waals surface area contributed by atoms with Crippen LogP contribution in [0.5, 0.6) is 0 Å². The lowest BCUT2D eigenvalue weighted by Crippen LogP contribution is -2.39. The van der Waals surface area contributed by atoms with Crippen molar-refractivity contribution >= 4 is 21.6 Å². The van der Waals surface area contributed by atoms with E-state index in [0.717, 1.165) is 18.2 Å². The minimum atomic E-state index is -4.07. The summed E-state index contributed by atoms with van der Waals surface area (Å²) in [6, 6.07) is 2.76. The number of rotatable bonds is 5. The van der Waals surface area contributed by atoms with Crippen molar-refractivity contribution in [3.05, 3.63) is 24.0 Å². The van der Waals surface area contributed by atoms with Gasteiger partial charge in [-0.25, -0.2) is 17.5 Å². The largest absolute Gasteiger partial charge is 0.399 e. The molecule has 0 spiro atoms. The summed E-state index contributed by atoms with van der Waals surface area (Å²) < 4.78 is 38.2. The summed E-state index contributed by atoms with van der Waals surface area (Å²) in [5.74, 6) is -1.89. The van der Waals surface area contributed by atoms with Gasteiger partial charge in [-0.1, -0.05) is 0 Å². The van der Waals surface area contributed by atoms with Crippen LogP contribution in [-0.2, 0) is 14.8 Å². The summed E-state index contributed by atoms with van der Waals surface area (Å²) in [6.07, 6.45) is -1.66. The van der Waals surface area contributed by atoms with E-state index in [4.69, 9.17) is 16.6 Å². The molecular formula is C9H12FN3O4S. The van der Waals surface area contributed by atoms with Gasteiger partial charge in [0, 0.05) is 12.2 Å². The van der Waals surface area contributed by atoms with Crippen LogP contribution in [0.3, 0.4) is 0 Å². The molecule has 1 rings (SSSR count). The molecule has 9 heteroatoms. The third kappa shape index (κ3) is 3.65. The zero-order valence-electron chi connectivity index (χ0n) is 9.13. The molecule has 0 saturated heterocycles. The van der Waals surface area contributed by atoms with Crippen LogP contribution >= 0.6 is 0 Å². The number of anilines is 1. The fourth-order valence-electron chi connectivity index (χ4n) is 1.11. The Morgan fingerprint density at radius 2 is 2.06 bits per heavy atom. The number of nitrogen functional groups attached to an aromatic ring is 1. The van der Waals surface area contributed by atoms with Crippen molar-refractivity contribution in [1.29, 1.82) is 0 Å². The number of carbonyl (C=O) groups is 1. The van der Waals surface area contributed by atoms with Gasteiger partial charge in [-0.15, -0.1) is 0 Å². The number of aliphatic hydroxyl groups excluding tert-OH is 1. The number of hydrogen-bond acceptors (Lipinski definition) is 5. The van der Waals surface area contributed by atoms with Gasteiger partial charge in [0.1, 0.15) is 11.9 Å². The highest BCUT2D eigenvalue weighted by Crippen LogP contribution is 2.15. The maximum atomic E-state index is 13.0. The monoisotopic (exact) mass is 277 g/mol. The number of benzene rings is 1. The Balaban J connectivity index is 2.90. The summed E-state index contributed by atoms with van der Waals surface area (Å²) >= 11 is 0. The number of nitrogens with one attached hydrogen (secondary N) is 1. The maximum Gasteiger partial charge on any atom is 0.247 e. The fraction of sp³-hybridized carbons (Fsp3) is 0.222. The van der Waals surface area contributed by atoms with Crippen molar-refractivity contribution in [1.82, 2.24) is 4.72 Å². The van der Waals surface area contributed by atoms with E-state index in [1.54, 1.807) is 0 Å². The lowest BCUT2D eigenvalue weighted by atomic mass is 10.3. The molecule has 0 saturated carbocycles. The normalized spacial score (nSPS) is 13.2. The molecule has 0 bridgehead atoms. The number of carbonyl (C=O) groups excluding carboxylic acids is 1. The highest BCUT2D eigenvalue weighted by Gasteiger charge is 2.19.